The van der Waals surface area contributed by atoms with E-state index in [0.717, 1.165) is 11.4 Å². The molecular weight excluding hydrogens is 234 g/mol. The first kappa shape index (κ1) is 12.6. The summed E-state index contributed by atoms with van der Waals surface area (Å²) in [5.74, 6) is -0.819. The summed E-state index contributed by atoms with van der Waals surface area (Å²) in [4.78, 5) is 14.9. The zero-order valence-corrected chi connectivity index (χ0v) is 11.2. The molecule has 1 aliphatic heterocycles. The van der Waals surface area contributed by atoms with Gasteiger partial charge in [-0.2, -0.15) is 0 Å². The quantitative estimate of drug-likeness (QED) is 0.899. The largest absolute Gasteiger partial charge is 0.477 e. The smallest absolute Gasteiger partial charge is 0.345 e. The van der Waals surface area contributed by atoms with E-state index in [4.69, 9.17) is 5.11 Å². The first-order valence-electron chi connectivity index (χ1n) is 6.15. The number of nitrogens with zero attached hydrogens (tertiary/aromatic N) is 1. The fourth-order valence-corrected chi connectivity index (χ4v) is 3.40. The van der Waals surface area contributed by atoms with E-state index < -0.39 is 5.97 Å². The lowest BCUT2D eigenvalue weighted by Crippen LogP contribution is -2.42. The third-order valence-electron chi connectivity index (χ3n) is 3.59. The van der Waals surface area contributed by atoms with Gasteiger partial charge in [-0.25, -0.2) is 4.79 Å². The highest BCUT2D eigenvalue weighted by Gasteiger charge is 2.25. The lowest BCUT2D eigenvalue weighted by Gasteiger charge is -2.38. The van der Waals surface area contributed by atoms with Gasteiger partial charge < -0.3 is 5.11 Å². The predicted octanol–water partition coefficient (Wildman–Crippen LogP) is 3.21. The molecule has 17 heavy (non-hydrogen) atoms. The summed E-state index contributed by atoms with van der Waals surface area (Å²) >= 11 is 1.40. The minimum atomic E-state index is -0.819. The fraction of sp³-hybridized carbons (Fsp3) is 0.615. The molecule has 94 valence electrons. The van der Waals surface area contributed by atoms with Crippen LogP contribution in [-0.4, -0.2) is 28.1 Å². The van der Waals surface area contributed by atoms with Gasteiger partial charge in [0.05, 0.1) is 0 Å². The van der Waals surface area contributed by atoms with Crippen molar-refractivity contribution >= 4 is 17.3 Å². The van der Waals surface area contributed by atoms with E-state index in [9.17, 15) is 4.79 Å². The molecule has 0 unspecified atom stereocenters. The molecule has 0 aliphatic carbocycles. The zero-order chi connectivity index (χ0) is 12.4. The average Bonchev–Trinajstić information content (AvgIpc) is 2.72. The van der Waals surface area contributed by atoms with Crippen LogP contribution < -0.4 is 0 Å². The minimum absolute atomic E-state index is 0.442. The SMILES string of the molecule is C[C@H]1CCC[C@H](C)N1Cc1ccc(C(=O)O)s1. The van der Waals surface area contributed by atoms with Gasteiger partial charge in [-0.05, 0) is 38.8 Å². The molecule has 4 heteroatoms. The molecule has 1 saturated heterocycles. The molecule has 0 saturated carbocycles. The van der Waals surface area contributed by atoms with Gasteiger partial charge in [-0.1, -0.05) is 6.42 Å². The van der Waals surface area contributed by atoms with Crippen LogP contribution in [0.5, 0.6) is 0 Å². The van der Waals surface area contributed by atoms with Crippen LogP contribution in [0.25, 0.3) is 0 Å². The van der Waals surface area contributed by atoms with Crippen molar-refractivity contribution in [2.24, 2.45) is 0 Å². The van der Waals surface area contributed by atoms with Gasteiger partial charge in [0.1, 0.15) is 4.88 Å². The number of piperidine rings is 1. The molecule has 3 nitrogen and oxygen atoms in total. The van der Waals surface area contributed by atoms with Gasteiger partial charge in [0.25, 0.3) is 0 Å². The maximum Gasteiger partial charge on any atom is 0.345 e. The third kappa shape index (κ3) is 2.87. The Hall–Kier alpha value is -0.870. The minimum Gasteiger partial charge on any atom is -0.477 e. The Balaban J connectivity index is 2.05. The van der Waals surface area contributed by atoms with Gasteiger partial charge in [-0.15, -0.1) is 11.3 Å². The van der Waals surface area contributed by atoms with Crippen molar-refractivity contribution in [2.45, 2.75) is 51.7 Å². The summed E-state index contributed by atoms with van der Waals surface area (Å²) in [6, 6.07) is 4.87. The van der Waals surface area contributed by atoms with E-state index in [1.54, 1.807) is 6.07 Å². The fourth-order valence-electron chi connectivity index (χ4n) is 2.54. The van der Waals surface area contributed by atoms with E-state index in [0.29, 0.717) is 17.0 Å². The maximum absolute atomic E-state index is 10.8. The Bertz CT molecular complexity index is 392. The van der Waals surface area contributed by atoms with Crippen LogP contribution in [0.3, 0.4) is 0 Å². The van der Waals surface area contributed by atoms with Gasteiger partial charge in [0.2, 0.25) is 0 Å². The van der Waals surface area contributed by atoms with E-state index in [2.05, 4.69) is 18.7 Å². The van der Waals surface area contributed by atoms with Crippen LogP contribution in [0.15, 0.2) is 12.1 Å². The molecule has 1 N–H and O–H groups in total. The summed E-state index contributed by atoms with van der Waals surface area (Å²) in [6.45, 7) is 5.42. The van der Waals surface area contributed by atoms with Crippen LogP contribution in [0.2, 0.25) is 0 Å². The summed E-state index contributed by atoms with van der Waals surface area (Å²) < 4.78 is 0. The molecule has 1 aliphatic rings. The summed E-state index contributed by atoms with van der Waals surface area (Å²) in [5.41, 5.74) is 0. The summed E-state index contributed by atoms with van der Waals surface area (Å²) in [7, 11) is 0. The predicted molar refractivity (Wildman–Crippen MR) is 69.6 cm³/mol. The highest BCUT2D eigenvalue weighted by molar-refractivity contribution is 7.13. The molecule has 1 aromatic rings. The lowest BCUT2D eigenvalue weighted by atomic mass is 9.97. The second kappa shape index (κ2) is 5.19. The van der Waals surface area contributed by atoms with Gasteiger partial charge in [0.15, 0.2) is 0 Å². The van der Waals surface area contributed by atoms with Crippen LogP contribution in [0.4, 0.5) is 0 Å². The van der Waals surface area contributed by atoms with E-state index >= 15 is 0 Å². The number of carboxylic acid groups (broad SMARTS) is 1. The number of hydrogen-bond donors (Lipinski definition) is 1. The molecule has 2 heterocycles. The lowest BCUT2D eigenvalue weighted by molar-refractivity contribution is 0.0702. The molecular formula is C13H19NO2S. The van der Waals surface area contributed by atoms with Gasteiger partial charge in [-0.3, -0.25) is 4.90 Å². The highest BCUT2D eigenvalue weighted by atomic mass is 32.1. The number of carbonyl (C=O) groups is 1. The van der Waals surface area contributed by atoms with Crippen molar-refractivity contribution < 1.29 is 9.90 Å². The third-order valence-corrected chi connectivity index (χ3v) is 4.64. The van der Waals surface area contributed by atoms with E-state index in [-0.39, 0.29) is 0 Å². The molecule has 0 spiro atoms. The number of carboxylic acids is 1. The standard InChI is InChI=1S/C13H19NO2S/c1-9-4-3-5-10(2)14(9)8-11-6-7-12(17-11)13(15)16/h6-7,9-10H,3-5,8H2,1-2H3,(H,15,16)/t9-,10-/m0/s1. The Labute approximate surface area is 106 Å². The molecule has 1 fully saturated rings. The van der Waals surface area contributed by atoms with Crippen molar-refractivity contribution in [3.05, 3.63) is 21.9 Å². The topological polar surface area (TPSA) is 40.5 Å². The number of rotatable bonds is 3. The van der Waals surface area contributed by atoms with Crippen molar-refractivity contribution in [3.8, 4) is 0 Å². The molecule has 1 aromatic heterocycles. The van der Waals surface area contributed by atoms with E-state index in [1.807, 2.05) is 6.07 Å². The Morgan fingerprint density at radius 3 is 2.59 bits per heavy atom. The monoisotopic (exact) mass is 253 g/mol. The van der Waals surface area contributed by atoms with Crippen LogP contribution in [-0.2, 0) is 6.54 Å². The maximum atomic E-state index is 10.8. The normalized spacial score (nSPS) is 26.0. The molecule has 2 rings (SSSR count). The number of thiophene rings is 1. The molecule has 0 aromatic carbocycles. The molecule has 0 radical (unpaired) electrons. The van der Waals surface area contributed by atoms with Crippen molar-refractivity contribution in [1.29, 1.82) is 0 Å². The molecule has 2 atom stereocenters. The molecule has 0 amide bonds. The van der Waals surface area contributed by atoms with E-state index in [1.165, 1.54) is 30.6 Å². The second-order valence-corrected chi connectivity index (χ2v) is 6.04. The zero-order valence-electron chi connectivity index (χ0n) is 10.3. The van der Waals surface area contributed by atoms with Crippen molar-refractivity contribution in [3.63, 3.8) is 0 Å². The second-order valence-electron chi connectivity index (χ2n) is 4.87. The van der Waals surface area contributed by atoms with Gasteiger partial charge in [0, 0.05) is 23.5 Å². The Kier molecular flexibility index (Phi) is 3.84. The molecule has 0 bridgehead atoms. The average molecular weight is 253 g/mol. The summed E-state index contributed by atoms with van der Waals surface area (Å²) in [6.07, 6.45) is 3.81. The number of likely N-dealkylation sites (tertiary alicyclic amines) is 1. The van der Waals surface area contributed by atoms with Gasteiger partial charge >= 0.3 is 5.97 Å². The van der Waals surface area contributed by atoms with Crippen molar-refractivity contribution in [1.82, 2.24) is 4.90 Å². The van der Waals surface area contributed by atoms with Crippen LogP contribution >= 0.6 is 11.3 Å². The Morgan fingerprint density at radius 1 is 1.41 bits per heavy atom. The number of hydrogen-bond acceptors (Lipinski definition) is 3. The Morgan fingerprint density at radius 2 is 2.06 bits per heavy atom. The van der Waals surface area contributed by atoms with Crippen LogP contribution in [0, 0.1) is 0 Å². The van der Waals surface area contributed by atoms with Crippen LogP contribution in [0.1, 0.15) is 47.7 Å². The van der Waals surface area contributed by atoms with Crippen molar-refractivity contribution in [2.75, 3.05) is 0 Å². The number of aromatic carboxylic acids is 1. The first-order chi connectivity index (χ1) is 8.08. The first-order valence-corrected chi connectivity index (χ1v) is 6.97. The summed E-state index contributed by atoms with van der Waals surface area (Å²) in [5, 5.41) is 8.90. The highest BCUT2D eigenvalue weighted by Crippen LogP contribution is 2.27.